The SMILES string of the molecule is CN(C)C(=N)c1cscn1. The molecule has 4 heteroatoms. The van der Waals surface area contributed by atoms with Gasteiger partial charge in [-0.05, 0) is 0 Å². The van der Waals surface area contributed by atoms with Crippen molar-refractivity contribution in [3.8, 4) is 0 Å². The van der Waals surface area contributed by atoms with E-state index < -0.39 is 0 Å². The minimum absolute atomic E-state index is 0.459. The maximum atomic E-state index is 7.47. The molecule has 1 heterocycles. The molecule has 0 saturated carbocycles. The van der Waals surface area contributed by atoms with E-state index in [-0.39, 0.29) is 0 Å². The van der Waals surface area contributed by atoms with Gasteiger partial charge in [0, 0.05) is 19.5 Å². The molecule has 1 rings (SSSR count). The highest BCUT2D eigenvalue weighted by Gasteiger charge is 2.03. The molecule has 10 heavy (non-hydrogen) atoms. The Balaban J connectivity index is 2.78. The third-order valence-corrected chi connectivity index (χ3v) is 1.71. The molecule has 0 amide bonds. The highest BCUT2D eigenvalue weighted by Crippen LogP contribution is 2.02. The Morgan fingerprint density at radius 1 is 1.70 bits per heavy atom. The molecule has 0 aliphatic rings. The fourth-order valence-electron chi connectivity index (χ4n) is 0.559. The molecule has 0 bridgehead atoms. The molecule has 0 aliphatic carbocycles. The molecule has 0 spiro atoms. The van der Waals surface area contributed by atoms with Crippen LogP contribution in [0.25, 0.3) is 0 Å². The second-order valence-corrected chi connectivity index (χ2v) is 2.84. The number of rotatable bonds is 1. The van der Waals surface area contributed by atoms with Crippen molar-refractivity contribution in [3.63, 3.8) is 0 Å². The normalized spacial score (nSPS) is 9.40. The van der Waals surface area contributed by atoms with Crippen LogP contribution < -0.4 is 0 Å². The van der Waals surface area contributed by atoms with Gasteiger partial charge in [0.1, 0.15) is 11.5 Å². The predicted molar refractivity (Wildman–Crippen MR) is 42.6 cm³/mol. The van der Waals surface area contributed by atoms with Crippen molar-refractivity contribution in [1.82, 2.24) is 9.88 Å². The molecule has 0 aliphatic heterocycles. The van der Waals surface area contributed by atoms with Gasteiger partial charge >= 0.3 is 0 Å². The number of hydrogen-bond acceptors (Lipinski definition) is 3. The Labute approximate surface area is 63.8 Å². The third kappa shape index (κ3) is 1.33. The van der Waals surface area contributed by atoms with Gasteiger partial charge in [-0.25, -0.2) is 4.98 Å². The summed E-state index contributed by atoms with van der Waals surface area (Å²) in [5.41, 5.74) is 2.47. The number of hydrogen-bond donors (Lipinski definition) is 1. The second kappa shape index (κ2) is 2.79. The van der Waals surface area contributed by atoms with E-state index in [1.807, 2.05) is 19.5 Å². The summed E-state index contributed by atoms with van der Waals surface area (Å²) in [6, 6.07) is 0. The first-order valence-corrected chi connectivity index (χ1v) is 3.80. The smallest absolute Gasteiger partial charge is 0.147 e. The Morgan fingerprint density at radius 3 is 2.80 bits per heavy atom. The van der Waals surface area contributed by atoms with Gasteiger partial charge in [0.05, 0.1) is 5.51 Å². The highest BCUT2D eigenvalue weighted by molar-refractivity contribution is 7.07. The van der Waals surface area contributed by atoms with Crippen LogP contribution in [0.1, 0.15) is 5.69 Å². The van der Waals surface area contributed by atoms with E-state index in [9.17, 15) is 0 Å². The Hall–Kier alpha value is -0.900. The third-order valence-electron chi connectivity index (χ3n) is 1.12. The molecule has 1 aromatic heterocycles. The summed E-state index contributed by atoms with van der Waals surface area (Å²) in [7, 11) is 3.67. The quantitative estimate of drug-likeness (QED) is 0.486. The summed E-state index contributed by atoms with van der Waals surface area (Å²) in [5.74, 6) is 0.459. The van der Waals surface area contributed by atoms with Crippen LogP contribution in [0, 0.1) is 5.41 Å². The number of nitrogens with zero attached hydrogens (tertiary/aromatic N) is 2. The minimum Gasteiger partial charge on any atom is -0.361 e. The standard InChI is InChI=1S/C6H9N3S/c1-9(2)6(7)5-3-10-4-8-5/h3-4,7H,1-2H3. The van der Waals surface area contributed by atoms with Crippen molar-refractivity contribution in [3.05, 3.63) is 16.6 Å². The summed E-state index contributed by atoms with van der Waals surface area (Å²) in [6.07, 6.45) is 0. The Bertz CT molecular complexity index is 215. The van der Waals surface area contributed by atoms with E-state index in [1.54, 1.807) is 10.4 Å². The summed E-state index contributed by atoms with van der Waals surface area (Å²) >= 11 is 1.51. The Kier molecular flexibility index (Phi) is 2.01. The van der Waals surface area contributed by atoms with Gasteiger partial charge in [0.15, 0.2) is 0 Å². The van der Waals surface area contributed by atoms with Crippen molar-refractivity contribution < 1.29 is 0 Å². The first-order chi connectivity index (χ1) is 4.72. The molecular formula is C6H9N3S. The summed E-state index contributed by atoms with van der Waals surface area (Å²) < 4.78 is 0. The number of thiazole rings is 1. The van der Waals surface area contributed by atoms with Gasteiger partial charge in [-0.2, -0.15) is 0 Å². The molecule has 54 valence electrons. The molecule has 0 fully saturated rings. The van der Waals surface area contributed by atoms with Crippen LogP contribution in [0.4, 0.5) is 0 Å². The minimum atomic E-state index is 0.459. The molecular weight excluding hydrogens is 146 g/mol. The molecule has 1 N–H and O–H groups in total. The monoisotopic (exact) mass is 155 g/mol. The fraction of sp³-hybridized carbons (Fsp3) is 0.333. The second-order valence-electron chi connectivity index (χ2n) is 2.12. The summed E-state index contributed by atoms with van der Waals surface area (Å²) in [5, 5.41) is 9.33. The van der Waals surface area contributed by atoms with E-state index in [0.717, 1.165) is 5.69 Å². The van der Waals surface area contributed by atoms with Crippen molar-refractivity contribution in [2.45, 2.75) is 0 Å². The summed E-state index contributed by atoms with van der Waals surface area (Å²) in [6.45, 7) is 0. The molecule has 3 nitrogen and oxygen atoms in total. The van der Waals surface area contributed by atoms with Crippen LogP contribution in [0.2, 0.25) is 0 Å². The Morgan fingerprint density at radius 2 is 2.40 bits per heavy atom. The van der Waals surface area contributed by atoms with Crippen LogP contribution in [0.15, 0.2) is 10.9 Å². The lowest BCUT2D eigenvalue weighted by atomic mass is 10.4. The van der Waals surface area contributed by atoms with Gasteiger partial charge in [-0.1, -0.05) is 0 Å². The molecule has 0 radical (unpaired) electrons. The molecule has 0 unspecified atom stereocenters. The van der Waals surface area contributed by atoms with Gasteiger partial charge in [-0.3, -0.25) is 5.41 Å². The topological polar surface area (TPSA) is 40.0 Å². The zero-order valence-electron chi connectivity index (χ0n) is 5.96. The molecule has 0 atom stereocenters. The van der Waals surface area contributed by atoms with Crippen molar-refractivity contribution >= 4 is 17.2 Å². The lowest BCUT2D eigenvalue weighted by Crippen LogP contribution is -2.21. The largest absolute Gasteiger partial charge is 0.361 e. The predicted octanol–water partition coefficient (Wildman–Crippen LogP) is 1.03. The molecule has 0 saturated heterocycles. The number of nitrogens with one attached hydrogen (secondary N) is 1. The van der Waals surface area contributed by atoms with Crippen molar-refractivity contribution in [2.24, 2.45) is 0 Å². The van der Waals surface area contributed by atoms with E-state index in [1.165, 1.54) is 11.3 Å². The summed E-state index contributed by atoms with van der Waals surface area (Å²) in [4.78, 5) is 5.72. The average molecular weight is 155 g/mol. The fourth-order valence-corrected chi connectivity index (χ4v) is 1.10. The maximum Gasteiger partial charge on any atom is 0.147 e. The van der Waals surface area contributed by atoms with Crippen molar-refractivity contribution in [1.29, 1.82) is 5.41 Å². The van der Waals surface area contributed by atoms with Crippen molar-refractivity contribution in [2.75, 3.05) is 14.1 Å². The van der Waals surface area contributed by atoms with Crippen LogP contribution in [-0.4, -0.2) is 29.8 Å². The molecule has 0 aromatic carbocycles. The first-order valence-electron chi connectivity index (χ1n) is 2.86. The van der Waals surface area contributed by atoms with E-state index in [0.29, 0.717) is 5.84 Å². The molecule has 1 aromatic rings. The van der Waals surface area contributed by atoms with Crippen LogP contribution >= 0.6 is 11.3 Å². The van der Waals surface area contributed by atoms with Crippen LogP contribution in [0.5, 0.6) is 0 Å². The lowest BCUT2D eigenvalue weighted by molar-refractivity contribution is 0.617. The number of amidine groups is 1. The van der Waals surface area contributed by atoms with Crippen LogP contribution in [0.3, 0.4) is 0 Å². The van der Waals surface area contributed by atoms with Gasteiger partial charge in [-0.15, -0.1) is 11.3 Å². The van der Waals surface area contributed by atoms with E-state index in [4.69, 9.17) is 5.41 Å². The number of aromatic nitrogens is 1. The van der Waals surface area contributed by atoms with E-state index >= 15 is 0 Å². The highest BCUT2D eigenvalue weighted by atomic mass is 32.1. The van der Waals surface area contributed by atoms with Crippen LogP contribution in [-0.2, 0) is 0 Å². The van der Waals surface area contributed by atoms with E-state index in [2.05, 4.69) is 4.98 Å². The zero-order valence-corrected chi connectivity index (χ0v) is 6.77. The van der Waals surface area contributed by atoms with Gasteiger partial charge < -0.3 is 4.90 Å². The van der Waals surface area contributed by atoms with Gasteiger partial charge in [0.25, 0.3) is 0 Å². The maximum absolute atomic E-state index is 7.47. The average Bonchev–Trinajstić information content (AvgIpc) is 2.36. The van der Waals surface area contributed by atoms with Gasteiger partial charge in [0.2, 0.25) is 0 Å². The first kappa shape index (κ1) is 7.21. The lowest BCUT2D eigenvalue weighted by Gasteiger charge is -2.09. The zero-order chi connectivity index (χ0) is 7.56.